The van der Waals surface area contributed by atoms with Gasteiger partial charge in [-0.3, -0.25) is 0 Å². The third kappa shape index (κ3) is 2.83. The second-order valence-electron chi connectivity index (χ2n) is 4.81. The van der Waals surface area contributed by atoms with Crippen LogP contribution in [0.25, 0.3) is 0 Å². The molecule has 8 heteroatoms. The van der Waals surface area contributed by atoms with Crippen molar-refractivity contribution in [2.45, 2.75) is 23.6 Å². The smallest absolute Gasteiger partial charge is 0.251 e. The third-order valence-corrected chi connectivity index (χ3v) is 7.52. The summed E-state index contributed by atoms with van der Waals surface area (Å²) in [4.78, 5) is 4.27. The SMILES string of the molecule is O=S(=O)(NC[C@H]1CCc2nccn2C1)c1sccc1Br. The molecule has 0 spiro atoms. The highest BCUT2D eigenvalue weighted by atomic mass is 79.9. The molecule has 0 aromatic carbocycles. The number of fused-ring (bicyclic) bond motifs is 1. The van der Waals surface area contributed by atoms with E-state index in [1.54, 1.807) is 17.6 Å². The molecular formula is C12H14BrN3O2S2. The van der Waals surface area contributed by atoms with Gasteiger partial charge in [0.15, 0.2) is 0 Å². The molecule has 0 saturated carbocycles. The molecule has 0 radical (unpaired) electrons. The number of nitrogens with one attached hydrogen (secondary N) is 1. The molecule has 20 heavy (non-hydrogen) atoms. The molecular weight excluding hydrogens is 362 g/mol. The average molecular weight is 376 g/mol. The molecule has 0 amide bonds. The number of halogens is 1. The van der Waals surface area contributed by atoms with Crippen LogP contribution in [0, 0.1) is 5.92 Å². The molecule has 1 aliphatic rings. The van der Waals surface area contributed by atoms with Crippen molar-refractivity contribution in [1.82, 2.24) is 14.3 Å². The highest BCUT2D eigenvalue weighted by Crippen LogP contribution is 2.27. The number of imidazole rings is 1. The van der Waals surface area contributed by atoms with Crippen LogP contribution in [0.15, 0.2) is 32.5 Å². The van der Waals surface area contributed by atoms with Crippen molar-refractivity contribution in [3.05, 3.63) is 34.1 Å². The van der Waals surface area contributed by atoms with Gasteiger partial charge in [-0.25, -0.2) is 18.1 Å². The fraction of sp³-hybridized carbons (Fsp3) is 0.417. The summed E-state index contributed by atoms with van der Waals surface area (Å²) in [6.45, 7) is 1.29. The first-order valence-electron chi connectivity index (χ1n) is 6.29. The molecule has 1 atom stereocenters. The standard InChI is InChI=1S/C12H14BrN3O2S2/c13-10-3-6-19-12(10)20(17,18)15-7-9-1-2-11-14-4-5-16(11)8-9/h3-6,9,15H,1-2,7-8H2/t9-/m1/s1. The fourth-order valence-corrected chi connectivity index (χ4v) is 5.86. The van der Waals surface area contributed by atoms with Crippen LogP contribution >= 0.6 is 27.3 Å². The maximum Gasteiger partial charge on any atom is 0.251 e. The Morgan fingerprint density at radius 1 is 1.55 bits per heavy atom. The van der Waals surface area contributed by atoms with E-state index in [4.69, 9.17) is 0 Å². The minimum absolute atomic E-state index is 0.310. The lowest BCUT2D eigenvalue weighted by molar-refractivity contribution is 0.363. The first kappa shape index (κ1) is 14.2. The van der Waals surface area contributed by atoms with Crippen molar-refractivity contribution in [2.75, 3.05) is 6.54 Å². The highest BCUT2D eigenvalue weighted by Gasteiger charge is 2.23. The van der Waals surface area contributed by atoms with E-state index in [0.29, 0.717) is 21.1 Å². The number of thiophene rings is 1. The molecule has 3 rings (SSSR count). The van der Waals surface area contributed by atoms with Gasteiger partial charge in [-0.2, -0.15) is 0 Å². The van der Waals surface area contributed by atoms with Gasteiger partial charge in [0.05, 0.1) is 0 Å². The summed E-state index contributed by atoms with van der Waals surface area (Å²) in [6, 6.07) is 1.75. The quantitative estimate of drug-likeness (QED) is 0.890. The second-order valence-corrected chi connectivity index (χ2v) is 8.54. The zero-order chi connectivity index (χ0) is 14.2. The van der Waals surface area contributed by atoms with Crippen molar-refractivity contribution in [1.29, 1.82) is 0 Å². The molecule has 0 fully saturated rings. The van der Waals surface area contributed by atoms with Crippen molar-refractivity contribution in [3.63, 3.8) is 0 Å². The van der Waals surface area contributed by atoms with Crippen LogP contribution in [0.2, 0.25) is 0 Å². The first-order chi connectivity index (χ1) is 9.56. The van der Waals surface area contributed by atoms with Crippen LogP contribution < -0.4 is 4.72 Å². The molecule has 2 aromatic heterocycles. The predicted octanol–water partition coefficient (Wildman–Crippen LogP) is 2.25. The summed E-state index contributed by atoms with van der Waals surface area (Å²) >= 11 is 4.48. The number of aryl methyl sites for hydroxylation is 1. The Bertz CT molecular complexity index is 708. The van der Waals surface area contributed by atoms with E-state index in [2.05, 4.69) is 30.2 Å². The first-order valence-corrected chi connectivity index (χ1v) is 9.44. The Morgan fingerprint density at radius 2 is 2.40 bits per heavy atom. The van der Waals surface area contributed by atoms with Crippen LogP contribution in [0.3, 0.4) is 0 Å². The van der Waals surface area contributed by atoms with E-state index in [1.165, 1.54) is 11.3 Å². The van der Waals surface area contributed by atoms with Gasteiger partial charge in [-0.1, -0.05) is 0 Å². The van der Waals surface area contributed by atoms with Gasteiger partial charge in [0, 0.05) is 36.4 Å². The van der Waals surface area contributed by atoms with E-state index < -0.39 is 10.0 Å². The normalized spacial score (nSPS) is 18.9. The summed E-state index contributed by atoms with van der Waals surface area (Å²) in [5.74, 6) is 1.40. The number of hydrogen-bond acceptors (Lipinski definition) is 4. The van der Waals surface area contributed by atoms with Crippen LogP contribution in [0.1, 0.15) is 12.2 Å². The number of aromatic nitrogens is 2. The van der Waals surface area contributed by atoms with Crippen LogP contribution in [0.4, 0.5) is 0 Å². The summed E-state index contributed by atoms with van der Waals surface area (Å²) in [5, 5.41) is 1.76. The topological polar surface area (TPSA) is 64.0 Å². The summed E-state index contributed by atoms with van der Waals surface area (Å²) in [6.07, 6.45) is 5.61. The lowest BCUT2D eigenvalue weighted by Gasteiger charge is -2.23. The van der Waals surface area contributed by atoms with Crippen molar-refractivity contribution in [3.8, 4) is 0 Å². The molecule has 0 bridgehead atoms. The summed E-state index contributed by atoms with van der Waals surface area (Å²) in [5.41, 5.74) is 0. The van der Waals surface area contributed by atoms with Crippen LogP contribution in [-0.2, 0) is 23.0 Å². The van der Waals surface area contributed by atoms with Gasteiger partial charge in [-0.15, -0.1) is 11.3 Å². The maximum atomic E-state index is 12.2. The van der Waals surface area contributed by atoms with Gasteiger partial charge < -0.3 is 4.57 Å². The van der Waals surface area contributed by atoms with Crippen LogP contribution in [-0.4, -0.2) is 24.5 Å². The lowest BCUT2D eigenvalue weighted by Crippen LogP contribution is -2.33. The second kappa shape index (κ2) is 5.59. The Labute approximate surface area is 130 Å². The third-order valence-electron chi connectivity index (χ3n) is 3.42. The van der Waals surface area contributed by atoms with Gasteiger partial charge >= 0.3 is 0 Å². The van der Waals surface area contributed by atoms with E-state index in [0.717, 1.165) is 25.2 Å². The highest BCUT2D eigenvalue weighted by molar-refractivity contribution is 9.10. The molecule has 2 aromatic rings. The molecule has 0 aliphatic carbocycles. The monoisotopic (exact) mass is 375 g/mol. The molecule has 1 aliphatic heterocycles. The lowest BCUT2D eigenvalue weighted by atomic mass is 10.00. The molecule has 108 valence electrons. The molecule has 1 N–H and O–H groups in total. The van der Waals surface area contributed by atoms with E-state index >= 15 is 0 Å². The van der Waals surface area contributed by atoms with E-state index in [9.17, 15) is 8.42 Å². The number of rotatable bonds is 4. The van der Waals surface area contributed by atoms with Gasteiger partial charge in [0.2, 0.25) is 0 Å². The number of sulfonamides is 1. The minimum atomic E-state index is -3.41. The zero-order valence-corrected chi connectivity index (χ0v) is 13.8. The van der Waals surface area contributed by atoms with E-state index in [-0.39, 0.29) is 0 Å². The number of nitrogens with zero attached hydrogens (tertiary/aromatic N) is 2. The van der Waals surface area contributed by atoms with Gasteiger partial charge in [0.1, 0.15) is 10.0 Å². The average Bonchev–Trinajstić information content (AvgIpc) is 3.04. The minimum Gasteiger partial charge on any atom is -0.335 e. The Kier molecular flexibility index (Phi) is 3.98. The predicted molar refractivity (Wildman–Crippen MR) is 81.2 cm³/mol. The molecule has 5 nitrogen and oxygen atoms in total. The molecule has 3 heterocycles. The van der Waals surface area contributed by atoms with Gasteiger partial charge in [-0.05, 0) is 39.7 Å². The Morgan fingerprint density at radius 3 is 3.15 bits per heavy atom. The van der Waals surface area contributed by atoms with Crippen molar-refractivity contribution >= 4 is 37.3 Å². The Hall–Kier alpha value is -0.700. The maximum absolute atomic E-state index is 12.2. The fourth-order valence-electron chi connectivity index (χ4n) is 2.37. The largest absolute Gasteiger partial charge is 0.335 e. The molecule has 0 saturated heterocycles. The van der Waals surface area contributed by atoms with Gasteiger partial charge in [0.25, 0.3) is 10.0 Å². The Balaban J connectivity index is 1.65. The van der Waals surface area contributed by atoms with E-state index in [1.807, 2.05) is 6.20 Å². The summed E-state index contributed by atoms with van der Waals surface area (Å²) < 4.78 is 30.2. The zero-order valence-electron chi connectivity index (χ0n) is 10.6. The van der Waals surface area contributed by atoms with Crippen molar-refractivity contribution in [2.24, 2.45) is 5.92 Å². The molecule has 0 unspecified atom stereocenters. The van der Waals surface area contributed by atoms with Crippen LogP contribution in [0.5, 0.6) is 0 Å². The summed E-state index contributed by atoms with van der Waals surface area (Å²) in [7, 11) is -3.41. The number of hydrogen-bond donors (Lipinski definition) is 1. The van der Waals surface area contributed by atoms with Crippen molar-refractivity contribution < 1.29 is 8.42 Å².